The lowest BCUT2D eigenvalue weighted by atomic mass is 10.3. The van der Waals surface area contributed by atoms with E-state index in [-0.39, 0.29) is 12.5 Å². The van der Waals surface area contributed by atoms with Crippen molar-refractivity contribution in [1.29, 1.82) is 0 Å². The van der Waals surface area contributed by atoms with Crippen molar-refractivity contribution in [2.45, 2.75) is 13.1 Å². The predicted octanol–water partition coefficient (Wildman–Crippen LogP) is 0.578. The van der Waals surface area contributed by atoms with Crippen molar-refractivity contribution in [3.63, 3.8) is 0 Å². The Kier molecular flexibility index (Phi) is 3.88. The van der Waals surface area contributed by atoms with E-state index >= 15 is 0 Å². The van der Waals surface area contributed by atoms with Crippen LogP contribution in [0.4, 0.5) is 0 Å². The van der Waals surface area contributed by atoms with Gasteiger partial charge in [-0.1, -0.05) is 0 Å². The molecule has 2 aromatic rings. The third kappa shape index (κ3) is 3.05. The summed E-state index contributed by atoms with van der Waals surface area (Å²) in [6.07, 6.45) is 5.11. The summed E-state index contributed by atoms with van der Waals surface area (Å²) in [5.41, 5.74) is 1.28. The van der Waals surface area contributed by atoms with E-state index in [1.807, 2.05) is 13.2 Å². The molecule has 0 aliphatic rings. The number of carboxylic acids is 1. The number of aryl methyl sites for hydroxylation is 1. The van der Waals surface area contributed by atoms with Crippen LogP contribution < -0.4 is 0 Å². The number of carbonyl (C=O) groups is 2. The molecule has 2 rings (SSSR count). The van der Waals surface area contributed by atoms with Gasteiger partial charge in [0.1, 0.15) is 12.2 Å². The average molecular weight is 276 g/mol. The topological polar surface area (TPSA) is 80.4 Å². The second kappa shape index (κ2) is 5.60. The van der Waals surface area contributed by atoms with Gasteiger partial charge in [0, 0.05) is 38.6 Å². The number of hydrogen-bond donors (Lipinski definition) is 1. The molecule has 0 aliphatic heterocycles. The molecule has 0 atom stereocenters. The summed E-state index contributed by atoms with van der Waals surface area (Å²) >= 11 is 0. The molecule has 1 amide bonds. The third-order valence-corrected chi connectivity index (χ3v) is 2.88. The van der Waals surface area contributed by atoms with Gasteiger partial charge in [0.25, 0.3) is 5.91 Å². The zero-order chi connectivity index (χ0) is 14.7. The van der Waals surface area contributed by atoms with Crippen molar-refractivity contribution >= 4 is 11.9 Å². The Morgan fingerprint density at radius 2 is 2.20 bits per heavy atom. The van der Waals surface area contributed by atoms with E-state index in [9.17, 15) is 9.59 Å². The Morgan fingerprint density at radius 1 is 1.45 bits per heavy atom. The molecular weight excluding hydrogens is 260 g/mol. The molecule has 0 saturated heterocycles. The van der Waals surface area contributed by atoms with Crippen molar-refractivity contribution in [2.24, 2.45) is 7.05 Å². The second-order valence-electron chi connectivity index (χ2n) is 4.60. The summed E-state index contributed by atoms with van der Waals surface area (Å²) < 4.78 is 3.09. The molecule has 106 valence electrons. The summed E-state index contributed by atoms with van der Waals surface area (Å²) in [4.78, 5) is 24.6. The Labute approximate surface area is 116 Å². The van der Waals surface area contributed by atoms with Crippen LogP contribution in [0.1, 0.15) is 16.1 Å². The monoisotopic (exact) mass is 276 g/mol. The minimum absolute atomic E-state index is 0.222. The lowest BCUT2D eigenvalue weighted by Gasteiger charge is -2.17. The minimum Gasteiger partial charge on any atom is -0.480 e. The van der Waals surface area contributed by atoms with Crippen LogP contribution in [0, 0.1) is 0 Å². The molecule has 1 N–H and O–H groups in total. The van der Waals surface area contributed by atoms with Crippen LogP contribution in [-0.4, -0.2) is 43.3 Å². The first kappa shape index (κ1) is 13.9. The van der Waals surface area contributed by atoms with Gasteiger partial charge >= 0.3 is 5.97 Å². The van der Waals surface area contributed by atoms with Crippen LogP contribution in [0.2, 0.25) is 0 Å². The zero-order valence-electron chi connectivity index (χ0n) is 11.4. The summed E-state index contributed by atoms with van der Waals surface area (Å²) in [5.74, 6) is -1.20. The lowest BCUT2D eigenvalue weighted by molar-refractivity contribution is -0.137. The number of carbonyl (C=O) groups excluding carboxylic acids is 1. The number of aromatic nitrogens is 3. The standard InChI is InChI=1S/C13H16N4O3/c1-15(7-10-6-14-16(2)8-10)13(20)11-4-3-5-17(11)9-12(18)19/h3-6,8H,7,9H2,1-2H3,(H,18,19). The molecule has 0 bridgehead atoms. The fourth-order valence-electron chi connectivity index (χ4n) is 1.99. The normalized spacial score (nSPS) is 10.5. The molecule has 0 saturated carbocycles. The van der Waals surface area contributed by atoms with Gasteiger partial charge in [-0.05, 0) is 12.1 Å². The van der Waals surface area contributed by atoms with Crippen LogP contribution >= 0.6 is 0 Å². The van der Waals surface area contributed by atoms with E-state index in [4.69, 9.17) is 5.11 Å². The summed E-state index contributed by atoms with van der Waals surface area (Å²) in [7, 11) is 3.48. The number of hydrogen-bond acceptors (Lipinski definition) is 3. The maximum Gasteiger partial charge on any atom is 0.323 e. The Balaban J connectivity index is 2.10. The van der Waals surface area contributed by atoms with Crippen molar-refractivity contribution in [3.8, 4) is 0 Å². The molecule has 7 nitrogen and oxygen atoms in total. The fraction of sp³-hybridized carbons (Fsp3) is 0.308. The van der Waals surface area contributed by atoms with E-state index in [2.05, 4.69) is 5.10 Å². The van der Waals surface area contributed by atoms with E-state index in [1.54, 1.807) is 36.3 Å². The van der Waals surface area contributed by atoms with Gasteiger partial charge in [0.15, 0.2) is 0 Å². The maximum atomic E-state index is 12.3. The number of aliphatic carboxylic acids is 1. The quantitative estimate of drug-likeness (QED) is 0.866. The Hall–Kier alpha value is -2.57. The van der Waals surface area contributed by atoms with Crippen molar-refractivity contribution in [2.75, 3.05) is 7.05 Å². The highest BCUT2D eigenvalue weighted by Gasteiger charge is 2.17. The zero-order valence-corrected chi connectivity index (χ0v) is 11.4. The second-order valence-corrected chi connectivity index (χ2v) is 4.60. The van der Waals surface area contributed by atoms with Gasteiger partial charge in [-0.3, -0.25) is 14.3 Å². The third-order valence-electron chi connectivity index (χ3n) is 2.88. The van der Waals surface area contributed by atoms with Crippen LogP contribution in [-0.2, 0) is 24.9 Å². The smallest absolute Gasteiger partial charge is 0.323 e. The van der Waals surface area contributed by atoms with Gasteiger partial charge in [-0.25, -0.2) is 0 Å². The van der Waals surface area contributed by atoms with Crippen molar-refractivity contribution in [3.05, 3.63) is 42.0 Å². The highest BCUT2D eigenvalue weighted by atomic mass is 16.4. The number of carboxylic acid groups (broad SMARTS) is 1. The van der Waals surface area contributed by atoms with Gasteiger partial charge in [-0.15, -0.1) is 0 Å². The van der Waals surface area contributed by atoms with Gasteiger partial charge in [0.05, 0.1) is 6.20 Å². The van der Waals surface area contributed by atoms with Crippen LogP contribution in [0.25, 0.3) is 0 Å². The highest BCUT2D eigenvalue weighted by molar-refractivity contribution is 5.93. The van der Waals surface area contributed by atoms with Crippen LogP contribution in [0.15, 0.2) is 30.7 Å². The SMILES string of the molecule is CN(Cc1cnn(C)c1)C(=O)c1cccn1CC(=O)O. The average Bonchev–Trinajstić information content (AvgIpc) is 2.97. The van der Waals surface area contributed by atoms with Gasteiger partial charge in [-0.2, -0.15) is 5.10 Å². The highest BCUT2D eigenvalue weighted by Crippen LogP contribution is 2.09. The molecule has 0 aromatic carbocycles. The van der Waals surface area contributed by atoms with Crippen LogP contribution in [0.5, 0.6) is 0 Å². The molecule has 0 spiro atoms. The number of rotatable bonds is 5. The van der Waals surface area contributed by atoms with E-state index < -0.39 is 5.97 Å². The van der Waals surface area contributed by atoms with E-state index in [0.717, 1.165) is 5.56 Å². The minimum atomic E-state index is -0.981. The molecule has 20 heavy (non-hydrogen) atoms. The predicted molar refractivity (Wildman–Crippen MR) is 71.1 cm³/mol. The first-order valence-corrected chi connectivity index (χ1v) is 6.07. The molecule has 2 heterocycles. The first-order valence-electron chi connectivity index (χ1n) is 6.07. The molecule has 0 fully saturated rings. The summed E-state index contributed by atoms with van der Waals surface area (Å²) in [6, 6.07) is 3.28. The Morgan fingerprint density at radius 3 is 2.80 bits per heavy atom. The van der Waals surface area contributed by atoms with E-state index in [1.165, 1.54) is 9.47 Å². The van der Waals surface area contributed by atoms with Gasteiger partial charge in [0.2, 0.25) is 0 Å². The first-order chi connectivity index (χ1) is 9.47. The molecule has 0 unspecified atom stereocenters. The largest absolute Gasteiger partial charge is 0.480 e. The van der Waals surface area contributed by atoms with Gasteiger partial charge < -0.3 is 14.6 Å². The van der Waals surface area contributed by atoms with E-state index in [0.29, 0.717) is 12.2 Å². The molecular formula is C13H16N4O3. The summed E-state index contributed by atoms with van der Waals surface area (Å²) in [6.45, 7) is 0.194. The van der Waals surface area contributed by atoms with Crippen molar-refractivity contribution in [1.82, 2.24) is 19.2 Å². The lowest BCUT2D eigenvalue weighted by Crippen LogP contribution is -2.28. The van der Waals surface area contributed by atoms with Crippen LogP contribution in [0.3, 0.4) is 0 Å². The number of nitrogens with zero attached hydrogens (tertiary/aromatic N) is 4. The molecule has 0 aliphatic carbocycles. The number of amides is 1. The van der Waals surface area contributed by atoms with Crippen molar-refractivity contribution < 1.29 is 14.7 Å². The Bertz CT molecular complexity index is 629. The molecule has 0 radical (unpaired) electrons. The fourth-order valence-corrected chi connectivity index (χ4v) is 1.99. The maximum absolute atomic E-state index is 12.3. The molecule has 2 aromatic heterocycles. The molecule has 7 heteroatoms. The summed E-state index contributed by atoms with van der Waals surface area (Å²) in [5, 5.41) is 12.9.